The van der Waals surface area contributed by atoms with E-state index in [1.165, 1.54) is 0 Å². The van der Waals surface area contributed by atoms with Crippen molar-refractivity contribution < 1.29 is 9.59 Å². The second-order valence-electron chi connectivity index (χ2n) is 6.90. The summed E-state index contributed by atoms with van der Waals surface area (Å²) < 4.78 is 1.73. The molecule has 4 rings (SSSR count). The summed E-state index contributed by atoms with van der Waals surface area (Å²) in [5.74, 6) is -0.208. The summed E-state index contributed by atoms with van der Waals surface area (Å²) in [7, 11) is 0. The molecule has 7 heteroatoms. The Morgan fingerprint density at radius 2 is 2.07 bits per heavy atom. The molecule has 0 aliphatic carbocycles. The number of nitrogens with one attached hydrogen (secondary N) is 2. The van der Waals surface area contributed by atoms with Crippen LogP contribution in [0.1, 0.15) is 12.0 Å². The summed E-state index contributed by atoms with van der Waals surface area (Å²) in [5, 5.41) is 10.8. The molecule has 0 unspecified atom stereocenters. The van der Waals surface area contributed by atoms with Crippen molar-refractivity contribution >= 4 is 34.9 Å². The van der Waals surface area contributed by atoms with Gasteiger partial charge in [0.15, 0.2) is 0 Å². The Hall–Kier alpha value is -3.12. The number of carbonyl (C=O) groups is 2. The Morgan fingerprint density at radius 3 is 2.82 bits per heavy atom. The van der Waals surface area contributed by atoms with E-state index in [4.69, 9.17) is 11.6 Å². The highest BCUT2D eigenvalue weighted by Gasteiger charge is 2.30. The minimum atomic E-state index is -0.477. The van der Waals surface area contributed by atoms with Crippen molar-refractivity contribution in [2.24, 2.45) is 5.92 Å². The number of amides is 2. The Balaban J connectivity index is 1.47. The van der Waals surface area contributed by atoms with Gasteiger partial charge >= 0.3 is 0 Å². The Morgan fingerprint density at radius 1 is 1.29 bits per heavy atom. The van der Waals surface area contributed by atoms with Crippen LogP contribution in [0.4, 0.5) is 11.5 Å². The van der Waals surface area contributed by atoms with Gasteiger partial charge in [0, 0.05) is 22.7 Å². The summed E-state index contributed by atoms with van der Waals surface area (Å²) in [6.45, 7) is 2.32. The van der Waals surface area contributed by atoms with E-state index in [1.54, 1.807) is 23.0 Å². The second-order valence-corrected chi connectivity index (χ2v) is 7.34. The van der Waals surface area contributed by atoms with Gasteiger partial charge in [0.1, 0.15) is 5.82 Å². The zero-order chi connectivity index (χ0) is 19.7. The number of nitrogens with zero attached hydrogens (tertiary/aromatic N) is 2. The first kappa shape index (κ1) is 18.3. The number of aryl methyl sites for hydroxylation is 1. The number of aromatic nitrogens is 2. The van der Waals surface area contributed by atoms with Gasteiger partial charge in [0.25, 0.3) is 0 Å². The molecule has 0 saturated carbocycles. The smallest absolute Gasteiger partial charge is 0.231 e. The number of carbonyl (C=O) groups excluding carboxylic acids is 2. The molecule has 6 nitrogen and oxygen atoms in total. The summed E-state index contributed by atoms with van der Waals surface area (Å²) in [6.07, 6.45) is 1.81. The fourth-order valence-electron chi connectivity index (χ4n) is 3.32. The zero-order valence-corrected chi connectivity index (χ0v) is 16.0. The molecule has 1 atom stereocenters. The van der Waals surface area contributed by atoms with Gasteiger partial charge in [-0.1, -0.05) is 35.9 Å². The molecule has 2 amide bonds. The van der Waals surface area contributed by atoms with E-state index >= 15 is 0 Å². The monoisotopic (exact) mass is 394 g/mol. The first-order valence-corrected chi connectivity index (χ1v) is 9.36. The van der Waals surface area contributed by atoms with E-state index in [0.717, 1.165) is 22.4 Å². The lowest BCUT2D eigenvalue weighted by molar-refractivity contribution is -0.125. The Bertz CT molecular complexity index is 1040. The third-order valence-electron chi connectivity index (χ3n) is 4.73. The van der Waals surface area contributed by atoms with Gasteiger partial charge in [-0.05, 0) is 42.3 Å². The van der Waals surface area contributed by atoms with Gasteiger partial charge in [-0.15, -0.1) is 0 Å². The molecule has 1 aliphatic heterocycles. The van der Waals surface area contributed by atoms with Crippen LogP contribution in [0.25, 0.3) is 11.1 Å². The maximum absolute atomic E-state index is 12.6. The van der Waals surface area contributed by atoms with Crippen molar-refractivity contribution in [1.29, 1.82) is 0 Å². The molecule has 2 aromatic carbocycles. The van der Waals surface area contributed by atoms with Crippen molar-refractivity contribution in [3.05, 3.63) is 65.3 Å². The number of hydrogen-bond acceptors (Lipinski definition) is 3. The van der Waals surface area contributed by atoms with Gasteiger partial charge in [-0.2, -0.15) is 5.10 Å². The van der Waals surface area contributed by atoms with Crippen molar-refractivity contribution in [2.45, 2.75) is 19.9 Å². The third kappa shape index (κ3) is 3.77. The average molecular weight is 395 g/mol. The number of anilines is 2. The predicted molar refractivity (Wildman–Crippen MR) is 109 cm³/mol. The van der Waals surface area contributed by atoms with Crippen LogP contribution >= 0.6 is 11.6 Å². The lowest BCUT2D eigenvalue weighted by Crippen LogP contribution is -2.36. The Kier molecular flexibility index (Phi) is 4.88. The molecule has 0 bridgehead atoms. The van der Waals surface area contributed by atoms with Crippen LogP contribution in [0.3, 0.4) is 0 Å². The topological polar surface area (TPSA) is 76.0 Å². The molecule has 0 fully saturated rings. The molecule has 1 aromatic heterocycles. The van der Waals surface area contributed by atoms with E-state index < -0.39 is 5.92 Å². The SMILES string of the molecule is Cc1cccc(NC(=O)C[C@H]2Cn3ncc(-c4ccc(Cl)cc4)c3NC2=O)c1. The molecule has 28 heavy (non-hydrogen) atoms. The van der Waals surface area contributed by atoms with E-state index in [1.807, 2.05) is 43.3 Å². The van der Waals surface area contributed by atoms with E-state index in [0.29, 0.717) is 17.4 Å². The number of benzene rings is 2. The van der Waals surface area contributed by atoms with Crippen LogP contribution in [0, 0.1) is 12.8 Å². The van der Waals surface area contributed by atoms with Crippen LogP contribution in [-0.2, 0) is 16.1 Å². The maximum atomic E-state index is 12.6. The standard InChI is InChI=1S/C21H19ClN4O2/c1-13-3-2-4-17(9-13)24-19(27)10-15-12-26-20(25-21(15)28)18(11-23-26)14-5-7-16(22)8-6-14/h2-9,11,15H,10,12H2,1H3,(H,24,27)(H,25,28)/t15-/m0/s1. The number of fused-ring (bicyclic) bond motifs is 1. The minimum absolute atomic E-state index is 0.0926. The van der Waals surface area contributed by atoms with Gasteiger partial charge in [-0.25, -0.2) is 4.68 Å². The van der Waals surface area contributed by atoms with E-state index in [9.17, 15) is 9.59 Å². The van der Waals surface area contributed by atoms with Gasteiger partial charge in [0.05, 0.1) is 18.7 Å². The number of hydrogen-bond donors (Lipinski definition) is 2. The third-order valence-corrected chi connectivity index (χ3v) is 4.99. The van der Waals surface area contributed by atoms with Crippen LogP contribution < -0.4 is 10.6 Å². The molecular weight excluding hydrogens is 376 g/mol. The maximum Gasteiger partial charge on any atom is 0.231 e. The number of rotatable bonds is 4. The highest BCUT2D eigenvalue weighted by atomic mass is 35.5. The molecule has 0 saturated heterocycles. The molecule has 3 aromatic rings. The quantitative estimate of drug-likeness (QED) is 0.699. The normalized spacial score (nSPS) is 15.6. The highest BCUT2D eigenvalue weighted by Crippen LogP contribution is 2.32. The fourth-order valence-corrected chi connectivity index (χ4v) is 3.45. The van der Waals surface area contributed by atoms with Crippen LogP contribution in [0.2, 0.25) is 5.02 Å². The number of halogens is 1. The zero-order valence-electron chi connectivity index (χ0n) is 15.3. The van der Waals surface area contributed by atoms with Crippen molar-refractivity contribution in [3.8, 4) is 11.1 Å². The predicted octanol–water partition coefficient (Wildman–Crippen LogP) is 4.11. The first-order chi connectivity index (χ1) is 13.5. The van der Waals surface area contributed by atoms with Crippen molar-refractivity contribution in [2.75, 3.05) is 10.6 Å². The van der Waals surface area contributed by atoms with Crippen LogP contribution in [0.5, 0.6) is 0 Å². The van der Waals surface area contributed by atoms with Gasteiger partial charge in [0.2, 0.25) is 11.8 Å². The molecule has 142 valence electrons. The lowest BCUT2D eigenvalue weighted by Gasteiger charge is -2.24. The molecular formula is C21H19ClN4O2. The van der Waals surface area contributed by atoms with Gasteiger partial charge in [-0.3, -0.25) is 9.59 Å². The largest absolute Gasteiger partial charge is 0.326 e. The minimum Gasteiger partial charge on any atom is -0.326 e. The Labute approximate surface area is 167 Å². The summed E-state index contributed by atoms with van der Waals surface area (Å²) in [6, 6.07) is 14.9. The van der Waals surface area contributed by atoms with E-state index in [-0.39, 0.29) is 18.2 Å². The fraction of sp³-hybridized carbons (Fsp3) is 0.190. The lowest BCUT2D eigenvalue weighted by atomic mass is 10.0. The van der Waals surface area contributed by atoms with Gasteiger partial charge < -0.3 is 10.6 Å². The highest BCUT2D eigenvalue weighted by molar-refractivity contribution is 6.30. The average Bonchev–Trinajstić information content (AvgIpc) is 3.05. The summed E-state index contributed by atoms with van der Waals surface area (Å²) in [5.41, 5.74) is 3.53. The molecule has 1 aliphatic rings. The van der Waals surface area contributed by atoms with Crippen molar-refractivity contribution in [1.82, 2.24) is 9.78 Å². The molecule has 0 spiro atoms. The molecule has 2 N–H and O–H groups in total. The first-order valence-electron chi connectivity index (χ1n) is 8.99. The molecule has 0 radical (unpaired) electrons. The van der Waals surface area contributed by atoms with Crippen molar-refractivity contribution in [3.63, 3.8) is 0 Å². The molecule has 2 heterocycles. The summed E-state index contributed by atoms with van der Waals surface area (Å²) >= 11 is 5.95. The summed E-state index contributed by atoms with van der Waals surface area (Å²) in [4.78, 5) is 25.0. The van der Waals surface area contributed by atoms with Crippen LogP contribution in [0.15, 0.2) is 54.7 Å². The van der Waals surface area contributed by atoms with Crippen LogP contribution in [-0.4, -0.2) is 21.6 Å². The second kappa shape index (κ2) is 7.48. The van der Waals surface area contributed by atoms with E-state index in [2.05, 4.69) is 15.7 Å².